The van der Waals surface area contributed by atoms with Gasteiger partial charge in [0.2, 0.25) is 0 Å². The van der Waals surface area contributed by atoms with E-state index in [0.717, 1.165) is 4.57 Å². The summed E-state index contributed by atoms with van der Waals surface area (Å²) in [5.41, 5.74) is -0.536. The molecular formula is C34H35N5O9. The average Bonchev–Trinajstić information content (AvgIpc) is 3.65. The Labute approximate surface area is 273 Å². The fourth-order valence-electron chi connectivity index (χ4n) is 7.92. The third-order valence-corrected chi connectivity index (χ3v) is 10.3. The van der Waals surface area contributed by atoms with Crippen LogP contribution in [0.3, 0.4) is 0 Å². The van der Waals surface area contributed by atoms with E-state index in [2.05, 4.69) is 4.98 Å². The number of ether oxygens (including phenoxy) is 2. The van der Waals surface area contributed by atoms with Crippen molar-refractivity contribution >= 4 is 22.6 Å². The summed E-state index contributed by atoms with van der Waals surface area (Å²) in [5, 5.41) is 9.72. The number of aryl methyl sites for hydroxylation is 2. The zero-order valence-electron chi connectivity index (χ0n) is 27.2. The molecule has 3 aliphatic rings. The Balaban J connectivity index is 1.29. The van der Waals surface area contributed by atoms with Gasteiger partial charge in [0, 0.05) is 38.1 Å². The van der Waals surface area contributed by atoms with Crippen LogP contribution in [-0.4, -0.2) is 54.4 Å². The van der Waals surface area contributed by atoms with E-state index < -0.39 is 34.7 Å². The van der Waals surface area contributed by atoms with Gasteiger partial charge in [-0.25, -0.2) is 28.5 Å². The van der Waals surface area contributed by atoms with E-state index in [-0.39, 0.29) is 55.4 Å². The number of hydrogen-bond donors (Lipinski definition) is 1. The normalized spacial score (nSPS) is 23.3. The van der Waals surface area contributed by atoms with Crippen LogP contribution >= 0.6 is 0 Å². The van der Waals surface area contributed by atoms with Crippen molar-refractivity contribution in [2.45, 2.75) is 58.3 Å². The van der Waals surface area contributed by atoms with E-state index in [9.17, 15) is 29.1 Å². The van der Waals surface area contributed by atoms with Gasteiger partial charge in [-0.1, -0.05) is 13.0 Å². The van der Waals surface area contributed by atoms with Crippen molar-refractivity contribution in [3.63, 3.8) is 0 Å². The molecule has 0 bridgehead atoms. The maximum atomic E-state index is 14.1. The predicted molar refractivity (Wildman–Crippen MR) is 171 cm³/mol. The Hall–Kier alpha value is -5.24. The molecule has 1 saturated carbocycles. The highest BCUT2D eigenvalue weighted by Crippen LogP contribution is 2.59. The van der Waals surface area contributed by atoms with Crippen LogP contribution in [0.15, 0.2) is 66.4 Å². The van der Waals surface area contributed by atoms with Gasteiger partial charge in [0.25, 0.3) is 5.56 Å². The van der Waals surface area contributed by atoms with Gasteiger partial charge in [-0.2, -0.15) is 0 Å². The molecule has 14 nitrogen and oxygen atoms in total. The van der Waals surface area contributed by atoms with Crippen LogP contribution in [0, 0.1) is 11.3 Å². The van der Waals surface area contributed by atoms with Gasteiger partial charge in [-0.05, 0) is 42.7 Å². The number of benzene rings is 1. The highest BCUT2D eigenvalue weighted by molar-refractivity contribution is 6.13. The van der Waals surface area contributed by atoms with Gasteiger partial charge in [0.05, 0.1) is 49.2 Å². The minimum Gasteiger partial charge on any atom is -0.493 e. The highest BCUT2D eigenvalue weighted by atomic mass is 16.5. The number of rotatable bonds is 7. The van der Waals surface area contributed by atoms with Crippen LogP contribution in [0.4, 0.5) is 0 Å². The van der Waals surface area contributed by atoms with Gasteiger partial charge in [0.15, 0.2) is 23.1 Å². The molecule has 0 saturated heterocycles. The molecule has 1 N–H and O–H groups in total. The lowest BCUT2D eigenvalue weighted by Crippen LogP contribution is -2.54. The summed E-state index contributed by atoms with van der Waals surface area (Å²) in [6, 6.07) is 5.91. The number of carbonyl (C=O) groups excluding carboxylic acids is 2. The van der Waals surface area contributed by atoms with Gasteiger partial charge in [0.1, 0.15) is 23.8 Å². The Bertz CT molecular complexity index is 2280. The maximum absolute atomic E-state index is 14.1. The zero-order valence-corrected chi connectivity index (χ0v) is 27.2. The van der Waals surface area contributed by atoms with Crippen molar-refractivity contribution in [3.05, 3.63) is 96.1 Å². The highest BCUT2D eigenvalue weighted by Gasteiger charge is 2.60. The minimum absolute atomic E-state index is 0.00220. The number of methoxy groups -OCH3 is 2. The van der Waals surface area contributed by atoms with E-state index in [1.54, 1.807) is 45.2 Å². The van der Waals surface area contributed by atoms with Gasteiger partial charge < -0.3 is 23.6 Å². The summed E-state index contributed by atoms with van der Waals surface area (Å²) in [6.07, 6.45) is 3.31. The van der Waals surface area contributed by atoms with Crippen LogP contribution in [0.1, 0.15) is 49.4 Å². The first-order valence-corrected chi connectivity index (χ1v) is 15.6. The zero-order chi connectivity index (χ0) is 34.2. The van der Waals surface area contributed by atoms with Crippen LogP contribution in [0.2, 0.25) is 0 Å². The van der Waals surface area contributed by atoms with Crippen LogP contribution in [0.25, 0.3) is 11.0 Å². The Morgan fingerprint density at radius 1 is 1.06 bits per heavy atom. The molecule has 250 valence electrons. The van der Waals surface area contributed by atoms with Crippen molar-refractivity contribution < 1.29 is 28.6 Å². The molecule has 4 aromatic rings. The third kappa shape index (κ3) is 4.35. The van der Waals surface area contributed by atoms with Crippen molar-refractivity contribution in [2.24, 2.45) is 18.4 Å². The number of ketones is 2. The van der Waals surface area contributed by atoms with Crippen molar-refractivity contribution in [2.75, 3.05) is 14.2 Å². The monoisotopic (exact) mass is 657 g/mol. The molecule has 1 aliphatic heterocycles. The van der Waals surface area contributed by atoms with E-state index >= 15 is 0 Å². The quantitative estimate of drug-likeness (QED) is 0.289. The summed E-state index contributed by atoms with van der Waals surface area (Å²) in [6.45, 7) is 2.96. The van der Waals surface area contributed by atoms with Crippen molar-refractivity contribution in [3.8, 4) is 11.5 Å². The maximum Gasteiger partial charge on any atom is 0.347 e. The lowest BCUT2D eigenvalue weighted by molar-refractivity contribution is -0.140. The van der Waals surface area contributed by atoms with Gasteiger partial charge >= 0.3 is 11.4 Å². The molecule has 0 radical (unpaired) electrons. The molecule has 3 aromatic heterocycles. The predicted octanol–water partition coefficient (Wildman–Crippen LogP) is 1.79. The summed E-state index contributed by atoms with van der Waals surface area (Å²) in [4.78, 5) is 73.0. The Morgan fingerprint density at radius 3 is 2.48 bits per heavy atom. The second-order valence-corrected chi connectivity index (χ2v) is 12.8. The summed E-state index contributed by atoms with van der Waals surface area (Å²) in [7, 11) is 4.60. The topological polar surface area (TPSA) is 170 Å². The molecule has 4 unspecified atom stereocenters. The molecule has 0 spiro atoms. The standard InChI is InChI=1S/C34H35N5O9/c1-17-12-25(41)20-13-23-19(29(34(20,2)30(17)42)26-7-6-18(16-40)48-26)8-11-38-32(44)37(33(45)39(23)38)10-9-21-31(43)36(3)24-15-28(47-5)27(46-4)14-22(24)35-21/h6-8,12,14-15,20,23,29,40H,9-11,13,16H2,1-5H3. The number of hydrogen-bond acceptors (Lipinski definition) is 10. The molecule has 1 aromatic carbocycles. The number of aromatic nitrogens is 5. The number of nitrogens with zero attached hydrogens (tertiary/aromatic N) is 5. The second kappa shape index (κ2) is 11.2. The lowest BCUT2D eigenvalue weighted by atomic mass is 9.51. The molecule has 14 heteroatoms. The second-order valence-electron chi connectivity index (χ2n) is 12.8. The van der Waals surface area contributed by atoms with E-state index in [4.69, 9.17) is 13.9 Å². The summed E-state index contributed by atoms with van der Waals surface area (Å²) >= 11 is 0. The van der Waals surface area contributed by atoms with E-state index in [0.29, 0.717) is 45.2 Å². The van der Waals surface area contributed by atoms with Crippen LogP contribution < -0.4 is 26.4 Å². The van der Waals surface area contributed by atoms with Crippen LogP contribution in [-0.2, 0) is 42.8 Å². The van der Waals surface area contributed by atoms with Gasteiger partial charge in [-0.15, -0.1) is 0 Å². The smallest absolute Gasteiger partial charge is 0.347 e. The van der Waals surface area contributed by atoms with Crippen LogP contribution in [0.5, 0.6) is 11.5 Å². The first kappa shape index (κ1) is 31.4. The number of allylic oxidation sites excluding steroid dienone is 4. The number of fused-ring (bicyclic) bond motifs is 5. The number of aliphatic hydroxyl groups excluding tert-OH is 1. The first-order valence-electron chi connectivity index (χ1n) is 15.6. The molecule has 48 heavy (non-hydrogen) atoms. The SMILES string of the molecule is COc1cc2nc(CCn3c(=O)n4n(c3=O)C3CC5C(=O)C=C(C)C(=O)C5(C)C(c5ccc(CO)o5)C3=CC4)c(=O)n(C)c2cc1OC. The first-order chi connectivity index (χ1) is 22.9. The fourth-order valence-corrected chi connectivity index (χ4v) is 7.92. The fraction of sp³-hybridized carbons (Fsp3) is 0.412. The number of Topliss-reactive ketones (excluding diaryl/α,β-unsaturated/α-hetero) is 1. The average molecular weight is 658 g/mol. The molecule has 4 heterocycles. The van der Waals surface area contributed by atoms with Crippen molar-refractivity contribution in [1.29, 1.82) is 0 Å². The van der Waals surface area contributed by atoms with Crippen molar-refractivity contribution in [1.82, 2.24) is 23.5 Å². The molecular weight excluding hydrogens is 622 g/mol. The Morgan fingerprint density at radius 2 is 1.79 bits per heavy atom. The molecule has 1 fully saturated rings. The lowest BCUT2D eigenvalue weighted by Gasteiger charge is -2.51. The summed E-state index contributed by atoms with van der Waals surface area (Å²) in [5.74, 6) is -0.349. The van der Waals surface area contributed by atoms with Gasteiger partial charge in [-0.3, -0.25) is 14.4 Å². The van der Waals surface area contributed by atoms with E-state index in [1.807, 2.05) is 6.08 Å². The largest absolute Gasteiger partial charge is 0.493 e. The number of furan rings is 1. The molecule has 4 atom stereocenters. The Kier molecular flexibility index (Phi) is 7.31. The molecule has 2 aliphatic carbocycles. The molecule has 7 rings (SSSR count). The minimum atomic E-state index is -1.20. The summed E-state index contributed by atoms with van der Waals surface area (Å²) < 4.78 is 21.9. The van der Waals surface area contributed by atoms with E-state index in [1.165, 1.54) is 34.2 Å². The molecule has 0 amide bonds. The third-order valence-electron chi connectivity index (χ3n) is 10.3. The number of aliphatic hydroxyl groups is 1. The number of carbonyl (C=O) groups is 2.